The summed E-state index contributed by atoms with van der Waals surface area (Å²) in [5.74, 6) is 0.611. The standard InChI is InChI=1S/C7H5N5O8.C5H6O2/c1-8(12(19)20)7-5(10(15)16)2-4(9(13)14)3-6(7)11(17)18;6-4-5-2-1-3-7-5/h2-3H,1H3;1-3,6H,4H2. The molecule has 15 nitrogen and oxygen atoms in total. The molecule has 0 atom stereocenters. The molecule has 0 bridgehead atoms. The summed E-state index contributed by atoms with van der Waals surface area (Å²) in [7, 11) is 0.751. The molecule has 1 N–H and O–H groups in total. The summed E-state index contributed by atoms with van der Waals surface area (Å²) in [6.45, 7) is -0.00694. The Bertz CT molecular complexity index is 830. The molecule has 2 rings (SSSR count). The van der Waals surface area contributed by atoms with Gasteiger partial charge in [-0.3, -0.25) is 30.3 Å². The summed E-state index contributed by atoms with van der Waals surface area (Å²) < 4.78 is 4.73. The van der Waals surface area contributed by atoms with Gasteiger partial charge in [0.2, 0.25) is 0 Å². The molecule has 0 aliphatic rings. The molecule has 1 aromatic carbocycles. The Morgan fingerprint density at radius 3 is 1.78 bits per heavy atom. The maximum absolute atomic E-state index is 10.8. The quantitative estimate of drug-likeness (QED) is 0.559. The van der Waals surface area contributed by atoms with Crippen LogP contribution < -0.4 is 5.01 Å². The van der Waals surface area contributed by atoms with Crippen molar-refractivity contribution in [2.24, 2.45) is 0 Å². The van der Waals surface area contributed by atoms with Gasteiger partial charge in [0.25, 0.3) is 11.4 Å². The van der Waals surface area contributed by atoms with Crippen LogP contribution in [0.5, 0.6) is 0 Å². The highest BCUT2D eigenvalue weighted by Gasteiger charge is 2.37. The Morgan fingerprint density at radius 1 is 1.00 bits per heavy atom. The van der Waals surface area contributed by atoms with Crippen LogP contribution in [-0.4, -0.2) is 32.0 Å². The Kier molecular flexibility index (Phi) is 6.82. The number of benzene rings is 1. The number of furan rings is 1. The molecule has 0 aliphatic heterocycles. The van der Waals surface area contributed by atoms with Crippen molar-refractivity contribution in [2.75, 3.05) is 12.1 Å². The van der Waals surface area contributed by atoms with Crippen LogP contribution in [0.15, 0.2) is 34.9 Å². The Hall–Kier alpha value is -4.14. The second-order valence-corrected chi connectivity index (χ2v) is 4.60. The molecule has 0 unspecified atom stereocenters. The fraction of sp³-hybridized carbons (Fsp3) is 0.167. The van der Waals surface area contributed by atoms with Gasteiger partial charge < -0.3 is 9.52 Å². The van der Waals surface area contributed by atoms with Gasteiger partial charge in [-0.25, -0.2) is 10.1 Å². The number of anilines is 1. The van der Waals surface area contributed by atoms with Crippen molar-refractivity contribution in [1.29, 1.82) is 0 Å². The number of hydrogen-bond acceptors (Lipinski definition) is 10. The van der Waals surface area contributed by atoms with Gasteiger partial charge in [-0.1, -0.05) is 5.01 Å². The van der Waals surface area contributed by atoms with Crippen molar-refractivity contribution in [1.82, 2.24) is 0 Å². The first-order chi connectivity index (χ1) is 12.6. The summed E-state index contributed by atoms with van der Waals surface area (Å²) in [5.41, 5.74) is -4.07. The van der Waals surface area contributed by atoms with E-state index in [1.807, 2.05) is 0 Å². The highest BCUT2D eigenvalue weighted by Crippen LogP contribution is 2.40. The summed E-state index contributed by atoms with van der Waals surface area (Å²) in [5, 5.41) is 50.1. The topological polar surface area (TPSA) is 209 Å². The lowest BCUT2D eigenvalue weighted by Gasteiger charge is -2.08. The second kappa shape index (κ2) is 8.81. The molecule has 1 aromatic heterocycles. The van der Waals surface area contributed by atoms with Crippen LogP contribution >= 0.6 is 0 Å². The van der Waals surface area contributed by atoms with Crippen LogP contribution in [-0.2, 0) is 6.61 Å². The summed E-state index contributed by atoms with van der Waals surface area (Å²) in [4.78, 5) is 39.4. The average molecular weight is 385 g/mol. The predicted molar refractivity (Wildman–Crippen MR) is 86.4 cm³/mol. The fourth-order valence-corrected chi connectivity index (χ4v) is 1.79. The van der Waals surface area contributed by atoms with E-state index in [4.69, 9.17) is 9.52 Å². The lowest BCUT2D eigenvalue weighted by molar-refractivity contribution is -0.493. The van der Waals surface area contributed by atoms with Crippen LogP contribution in [0.3, 0.4) is 0 Å². The lowest BCUT2D eigenvalue weighted by atomic mass is 10.2. The van der Waals surface area contributed by atoms with Crippen molar-refractivity contribution < 1.29 is 29.3 Å². The highest BCUT2D eigenvalue weighted by atomic mass is 16.7. The summed E-state index contributed by atoms with van der Waals surface area (Å²) >= 11 is 0. The van der Waals surface area contributed by atoms with Crippen molar-refractivity contribution >= 4 is 22.7 Å². The van der Waals surface area contributed by atoms with E-state index in [9.17, 15) is 40.5 Å². The zero-order chi connectivity index (χ0) is 20.7. The van der Waals surface area contributed by atoms with Gasteiger partial charge in [0.15, 0.2) is 5.03 Å². The first-order valence-corrected chi connectivity index (χ1v) is 6.72. The van der Waals surface area contributed by atoms with Crippen LogP contribution in [0.25, 0.3) is 0 Å². The SMILES string of the molecule is CN(c1c([N+](=O)[O-])cc([N+](=O)[O-])cc1[N+](=O)[O-])[N+](=O)[O-].OCc1ccco1. The zero-order valence-electron chi connectivity index (χ0n) is 13.5. The van der Waals surface area contributed by atoms with Gasteiger partial charge >= 0.3 is 11.4 Å². The van der Waals surface area contributed by atoms with Gasteiger partial charge in [-0.2, -0.15) is 0 Å². The molecule has 0 saturated heterocycles. The smallest absolute Gasteiger partial charge is 0.312 e. The van der Waals surface area contributed by atoms with Crippen LogP contribution in [0, 0.1) is 40.5 Å². The fourth-order valence-electron chi connectivity index (χ4n) is 1.79. The van der Waals surface area contributed by atoms with Crippen LogP contribution in [0.4, 0.5) is 22.7 Å². The number of hydrazine groups is 1. The number of nitro benzene ring substituents is 3. The van der Waals surface area contributed by atoms with Crippen LogP contribution in [0.2, 0.25) is 0 Å². The number of nitrogens with zero attached hydrogens (tertiary/aromatic N) is 5. The highest BCUT2D eigenvalue weighted by molar-refractivity contribution is 5.76. The maximum Gasteiger partial charge on any atom is 0.312 e. The molecule has 1 heterocycles. The van der Waals surface area contributed by atoms with E-state index in [0.29, 0.717) is 17.9 Å². The molecule has 0 spiro atoms. The van der Waals surface area contributed by atoms with Gasteiger partial charge in [0.05, 0.1) is 40.2 Å². The molecule has 0 aliphatic carbocycles. The van der Waals surface area contributed by atoms with Gasteiger partial charge in [-0.05, 0) is 12.1 Å². The van der Waals surface area contributed by atoms with E-state index in [2.05, 4.69) is 0 Å². The van der Waals surface area contributed by atoms with Crippen molar-refractivity contribution in [3.8, 4) is 0 Å². The van der Waals surface area contributed by atoms with Gasteiger partial charge in [-0.15, -0.1) is 0 Å². The number of hydrogen-bond donors (Lipinski definition) is 1. The molecule has 0 fully saturated rings. The first kappa shape index (κ1) is 20.9. The minimum absolute atomic E-state index is 0.00694. The number of rotatable bonds is 6. The van der Waals surface area contributed by atoms with Crippen molar-refractivity contribution in [3.63, 3.8) is 0 Å². The first-order valence-electron chi connectivity index (χ1n) is 6.72. The van der Waals surface area contributed by atoms with E-state index >= 15 is 0 Å². The molecule has 27 heavy (non-hydrogen) atoms. The molecule has 0 saturated carbocycles. The predicted octanol–water partition coefficient (Wildman–Crippen LogP) is 1.81. The Morgan fingerprint density at radius 2 is 1.52 bits per heavy atom. The Labute approximate surface area is 148 Å². The van der Waals surface area contributed by atoms with Crippen molar-refractivity contribution in [2.45, 2.75) is 6.61 Å². The third-order valence-corrected chi connectivity index (χ3v) is 2.96. The molecule has 15 heteroatoms. The van der Waals surface area contributed by atoms with E-state index in [-0.39, 0.29) is 11.6 Å². The molecule has 2 aromatic rings. The zero-order valence-corrected chi connectivity index (χ0v) is 13.5. The molecular weight excluding hydrogens is 374 g/mol. The van der Waals surface area contributed by atoms with E-state index in [1.54, 1.807) is 12.1 Å². The lowest BCUT2D eigenvalue weighted by Crippen LogP contribution is -2.26. The van der Waals surface area contributed by atoms with Gasteiger partial charge in [0, 0.05) is 0 Å². The molecule has 0 amide bonds. The van der Waals surface area contributed by atoms with E-state index in [0.717, 1.165) is 7.05 Å². The molecule has 144 valence electrons. The molecular formula is C12H11N5O10. The number of aliphatic hydroxyl groups is 1. The minimum Gasteiger partial charge on any atom is -0.467 e. The summed E-state index contributed by atoms with van der Waals surface area (Å²) in [6, 6.07) is 4.30. The number of nitro groups is 4. The average Bonchev–Trinajstić information content (AvgIpc) is 3.13. The molecule has 0 radical (unpaired) electrons. The monoisotopic (exact) mass is 385 g/mol. The minimum atomic E-state index is -1.17. The number of aliphatic hydroxyl groups excluding tert-OH is 1. The van der Waals surface area contributed by atoms with E-state index < -0.39 is 42.6 Å². The normalized spacial score (nSPS) is 9.70. The third kappa shape index (κ3) is 5.16. The van der Waals surface area contributed by atoms with E-state index in [1.165, 1.54) is 6.26 Å². The number of non-ortho nitro benzene ring substituents is 1. The summed E-state index contributed by atoms with van der Waals surface area (Å²) in [6.07, 6.45) is 1.53. The maximum atomic E-state index is 10.8. The van der Waals surface area contributed by atoms with Gasteiger partial charge in [0.1, 0.15) is 12.4 Å². The van der Waals surface area contributed by atoms with Crippen LogP contribution in [0.1, 0.15) is 5.76 Å². The Balaban J connectivity index is 0.000000433. The third-order valence-electron chi connectivity index (χ3n) is 2.96. The van der Waals surface area contributed by atoms with Crippen molar-refractivity contribution in [3.05, 3.63) is 76.7 Å². The largest absolute Gasteiger partial charge is 0.467 e. The second-order valence-electron chi connectivity index (χ2n) is 4.60.